The molecule has 1 saturated heterocycles. The van der Waals surface area contributed by atoms with Crippen LogP contribution in [0.1, 0.15) is 19.8 Å². The molecule has 0 radical (unpaired) electrons. The van der Waals surface area contributed by atoms with Gasteiger partial charge in [0.15, 0.2) is 0 Å². The normalized spacial score (nSPS) is 21.8. The van der Waals surface area contributed by atoms with Gasteiger partial charge in [-0.3, -0.25) is 0 Å². The Labute approximate surface area is 116 Å². The zero-order valence-electron chi connectivity index (χ0n) is 10.6. The van der Waals surface area contributed by atoms with E-state index in [-0.39, 0.29) is 4.90 Å². The van der Waals surface area contributed by atoms with Crippen molar-refractivity contribution in [2.75, 3.05) is 13.1 Å². The molecule has 0 aliphatic carbocycles. The molecule has 7 heteroatoms. The molecular weight excluding hydrogens is 282 g/mol. The van der Waals surface area contributed by atoms with Crippen LogP contribution in [-0.4, -0.2) is 34.6 Å². The van der Waals surface area contributed by atoms with Gasteiger partial charge in [0.05, 0.1) is 11.7 Å². The Kier molecular flexibility index (Phi) is 3.28. The van der Waals surface area contributed by atoms with E-state index in [0.29, 0.717) is 30.0 Å². The molecule has 3 rings (SSSR count). The molecular formula is C12H15N3O2S2. The van der Waals surface area contributed by atoms with Crippen molar-refractivity contribution in [3.63, 3.8) is 0 Å². The van der Waals surface area contributed by atoms with E-state index in [9.17, 15) is 8.42 Å². The Morgan fingerprint density at radius 3 is 3.00 bits per heavy atom. The molecule has 5 nitrogen and oxygen atoms in total. The van der Waals surface area contributed by atoms with Gasteiger partial charge >= 0.3 is 0 Å². The van der Waals surface area contributed by atoms with Gasteiger partial charge in [0, 0.05) is 13.1 Å². The molecule has 1 fully saturated rings. The Balaban J connectivity index is 2.06. The summed E-state index contributed by atoms with van der Waals surface area (Å²) in [7, 11) is -3.45. The maximum absolute atomic E-state index is 12.7. The molecule has 1 aliphatic rings. The number of sulfonamides is 1. The summed E-state index contributed by atoms with van der Waals surface area (Å²) in [6, 6.07) is 5.14. The maximum atomic E-state index is 12.7. The number of nitrogens with zero attached hydrogens (tertiary/aromatic N) is 3. The molecule has 0 bridgehead atoms. The van der Waals surface area contributed by atoms with Crippen LogP contribution in [0.5, 0.6) is 0 Å². The monoisotopic (exact) mass is 297 g/mol. The minimum atomic E-state index is -3.45. The molecule has 0 amide bonds. The quantitative estimate of drug-likeness (QED) is 0.851. The summed E-state index contributed by atoms with van der Waals surface area (Å²) in [4.78, 5) is 0.285. The van der Waals surface area contributed by atoms with E-state index in [1.165, 1.54) is 0 Å². The third kappa shape index (κ3) is 2.26. The second-order valence-electron chi connectivity index (χ2n) is 5.00. The Morgan fingerprint density at radius 2 is 2.21 bits per heavy atom. The van der Waals surface area contributed by atoms with Crippen LogP contribution in [0.25, 0.3) is 11.0 Å². The summed E-state index contributed by atoms with van der Waals surface area (Å²) in [5.41, 5.74) is 1.14. The Hall–Kier alpha value is -1.05. The first-order valence-electron chi connectivity index (χ1n) is 6.30. The van der Waals surface area contributed by atoms with Crippen molar-refractivity contribution in [2.45, 2.75) is 24.7 Å². The summed E-state index contributed by atoms with van der Waals surface area (Å²) < 4.78 is 35.2. The van der Waals surface area contributed by atoms with Crippen LogP contribution < -0.4 is 0 Å². The van der Waals surface area contributed by atoms with E-state index in [2.05, 4.69) is 15.7 Å². The zero-order chi connectivity index (χ0) is 13.5. The van der Waals surface area contributed by atoms with Crippen molar-refractivity contribution in [3.8, 4) is 0 Å². The third-order valence-electron chi connectivity index (χ3n) is 3.49. The standard InChI is InChI=1S/C12H15N3O2S2/c1-9-4-3-7-15(8-9)19(16,17)11-6-2-5-10-12(11)14-18-13-10/h2,5-6,9H,3-4,7-8H2,1H3/t9-/m0/s1. The number of piperidine rings is 1. The minimum absolute atomic E-state index is 0.285. The molecule has 2 aromatic rings. The zero-order valence-corrected chi connectivity index (χ0v) is 12.2. The van der Waals surface area contributed by atoms with Gasteiger partial charge in [0.25, 0.3) is 0 Å². The van der Waals surface area contributed by atoms with Crippen molar-refractivity contribution >= 4 is 32.8 Å². The van der Waals surface area contributed by atoms with Gasteiger partial charge in [-0.25, -0.2) is 8.42 Å². The van der Waals surface area contributed by atoms with Crippen molar-refractivity contribution in [2.24, 2.45) is 5.92 Å². The summed E-state index contributed by atoms with van der Waals surface area (Å²) in [5.74, 6) is 0.413. The number of fused-ring (bicyclic) bond motifs is 1. The highest BCUT2D eigenvalue weighted by molar-refractivity contribution is 7.89. The lowest BCUT2D eigenvalue weighted by atomic mass is 10.0. The predicted octanol–water partition coefficient (Wildman–Crippen LogP) is 2.11. The van der Waals surface area contributed by atoms with Gasteiger partial charge in [-0.15, -0.1) is 0 Å². The molecule has 0 N–H and O–H groups in total. The summed E-state index contributed by atoms with van der Waals surface area (Å²) in [6.07, 6.45) is 2.01. The molecule has 2 heterocycles. The highest BCUT2D eigenvalue weighted by Crippen LogP contribution is 2.27. The van der Waals surface area contributed by atoms with Crippen LogP contribution in [-0.2, 0) is 10.0 Å². The van der Waals surface area contributed by atoms with Crippen LogP contribution in [0.4, 0.5) is 0 Å². The van der Waals surface area contributed by atoms with Gasteiger partial charge in [-0.05, 0) is 30.9 Å². The topological polar surface area (TPSA) is 63.2 Å². The SMILES string of the molecule is C[C@H]1CCCN(S(=O)(=O)c2cccc3nsnc23)C1. The number of hydrogen-bond donors (Lipinski definition) is 0. The first kappa shape index (κ1) is 13.0. The van der Waals surface area contributed by atoms with Gasteiger partial charge in [-0.1, -0.05) is 13.0 Å². The van der Waals surface area contributed by atoms with Gasteiger partial charge in [0.1, 0.15) is 15.9 Å². The van der Waals surface area contributed by atoms with E-state index >= 15 is 0 Å². The average molecular weight is 297 g/mol. The predicted molar refractivity (Wildman–Crippen MR) is 74.6 cm³/mol. The Bertz CT molecular complexity index is 696. The van der Waals surface area contributed by atoms with E-state index in [0.717, 1.165) is 24.6 Å². The number of rotatable bonds is 2. The minimum Gasteiger partial charge on any atom is -0.207 e. The molecule has 1 aliphatic heterocycles. The lowest BCUT2D eigenvalue weighted by Gasteiger charge is -2.29. The third-order valence-corrected chi connectivity index (χ3v) is 5.93. The van der Waals surface area contributed by atoms with Crippen molar-refractivity contribution in [3.05, 3.63) is 18.2 Å². The fourth-order valence-electron chi connectivity index (χ4n) is 2.49. The lowest BCUT2D eigenvalue weighted by molar-refractivity contribution is 0.281. The molecule has 0 saturated carbocycles. The number of benzene rings is 1. The molecule has 1 aromatic heterocycles. The molecule has 102 valence electrons. The second kappa shape index (κ2) is 4.81. The number of hydrogen-bond acceptors (Lipinski definition) is 5. The molecule has 0 spiro atoms. The van der Waals surface area contributed by atoms with Crippen molar-refractivity contribution < 1.29 is 8.42 Å². The van der Waals surface area contributed by atoms with Gasteiger partial charge in [-0.2, -0.15) is 13.1 Å². The van der Waals surface area contributed by atoms with E-state index in [4.69, 9.17) is 0 Å². The maximum Gasteiger partial charge on any atom is 0.245 e. The number of aromatic nitrogens is 2. The van der Waals surface area contributed by atoms with Crippen molar-refractivity contribution in [1.29, 1.82) is 0 Å². The lowest BCUT2D eigenvalue weighted by Crippen LogP contribution is -2.39. The van der Waals surface area contributed by atoms with E-state index in [1.54, 1.807) is 22.5 Å². The van der Waals surface area contributed by atoms with Gasteiger partial charge < -0.3 is 0 Å². The Morgan fingerprint density at radius 1 is 1.37 bits per heavy atom. The van der Waals surface area contributed by atoms with Crippen molar-refractivity contribution in [1.82, 2.24) is 13.1 Å². The highest BCUT2D eigenvalue weighted by Gasteiger charge is 2.30. The van der Waals surface area contributed by atoms with E-state index in [1.807, 2.05) is 0 Å². The molecule has 1 aromatic carbocycles. The van der Waals surface area contributed by atoms with Crippen LogP contribution in [0.3, 0.4) is 0 Å². The van der Waals surface area contributed by atoms with Crippen LogP contribution in [0.15, 0.2) is 23.1 Å². The second-order valence-corrected chi connectivity index (χ2v) is 7.43. The van der Waals surface area contributed by atoms with Gasteiger partial charge in [0.2, 0.25) is 10.0 Å². The largest absolute Gasteiger partial charge is 0.245 e. The summed E-state index contributed by atoms with van der Waals surface area (Å²) in [6.45, 7) is 3.28. The first-order valence-corrected chi connectivity index (χ1v) is 8.47. The van der Waals surface area contributed by atoms with Crippen LogP contribution in [0, 0.1) is 5.92 Å². The van der Waals surface area contributed by atoms with E-state index < -0.39 is 10.0 Å². The fourth-order valence-corrected chi connectivity index (χ4v) is 4.84. The first-order chi connectivity index (χ1) is 9.09. The molecule has 19 heavy (non-hydrogen) atoms. The fraction of sp³-hybridized carbons (Fsp3) is 0.500. The highest BCUT2D eigenvalue weighted by atomic mass is 32.2. The molecule has 1 atom stereocenters. The summed E-state index contributed by atoms with van der Waals surface area (Å²) >= 11 is 1.05. The smallest absolute Gasteiger partial charge is 0.207 e. The average Bonchev–Trinajstić information content (AvgIpc) is 2.86. The van der Waals surface area contributed by atoms with Crippen LogP contribution >= 0.6 is 11.7 Å². The molecule has 0 unspecified atom stereocenters. The summed E-state index contributed by atoms with van der Waals surface area (Å²) in [5, 5.41) is 0. The van der Waals surface area contributed by atoms with Crippen LogP contribution in [0.2, 0.25) is 0 Å².